The lowest BCUT2D eigenvalue weighted by atomic mass is 10.1. The van der Waals surface area contributed by atoms with E-state index in [9.17, 15) is 18.8 Å². The predicted molar refractivity (Wildman–Crippen MR) is 120 cm³/mol. The van der Waals surface area contributed by atoms with Crippen molar-refractivity contribution in [2.45, 2.75) is 18.9 Å². The Morgan fingerprint density at radius 3 is 2.41 bits per heavy atom. The van der Waals surface area contributed by atoms with Gasteiger partial charge in [-0.1, -0.05) is 41.9 Å². The maximum Gasteiger partial charge on any atom is 0.257 e. The number of carbonyl (C=O) groups excluding carboxylic acids is 3. The minimum Gasteiger partial charge on any atom is -0.326 e. The summed E-state index contributed by atoms with van der Waals surface area (Å²) in [4.78, 5) is 41.8. The summed E-state index contributed by atoms with van der Waals surface area (Å²) < 4.78 is 13.4. The molecule has 1 aliphatic rings. The average Bonchev–Trinajstić information content (AvgIpc) is 3.08. The molecule has 0 spiro atoms. The van der Waals surface area contributed by atoms with Crippen molar-refractivity contribution in [1.29, 1.82) is 0 Å². The van der Waals surface area contributed by atoms with Crippen LogP contribution in [0.25, 0.3) is 0 Å². The Kier molecular flexibility index (Phi) is 6.32. The third-order valence-electron chi connectivity index (χ3n) is 5.40. The van der Waals surface area contributed by atoms with Crippen LogP contribution in [-0.4, -0.2) is 35.2 Å². The van der Waals surface area contributed by atoms with Gasteiger partial charge >= 0.3 is 0 Å². The summed E-state index contributed by atoms with van der Waals surface area (Å²) in [6, 6.07) is 20.1. The van der Waals surface area contributed by atoms with Gasteiger partial charge in [-0.25, -0.2) is 9.29 Å². The van der Waals surface area contributed by atoms with Crippen molar-refractivity contribution in [3.63, 3.8) is 0 Å². The van der Waals surface area contributed by atoms with Crippen molar-refractivity contribution in [3.05, 3.63) is 101 Å². The first-order chi connectivity index (χ1) is 15.4. The highest BCUT2D eigenvalue weighted by molar-refractivity contribution is 6.30. The molecule has 1 heterocycles. The maximum atomic E-state index is 13.4. The molecule has 0 saturated carbocycles. The molecule has 0 aromatic heterocycles. The summed E-state index contributed by atoms with van der Waals surface area (Å²) in [5, 5.41) is 0.571. The summed E-state index contributed by atoms with van der Waals surface area (Å²) in [6.07, 6.45) is 0.326. The van der Waals surface area contributed by atoms with E-state index in [1.54, 1.807) is 42.5 Å². The van der Waals surface area contributed by atoms with E-state index in [4.69, 9.17) is 11.6 Å². The van der Waals surface area contributed by atoms with E-state index in [0.29, 0.717) is 17.1 Å². The molecule has 3 aromatic rings. The monoisotopic (exact) mass is 450 g/mol. The summed E-state index contributed by atoms with van der Waals surface area (Å²) >= 11 is 6.07. The summed E-state index contributed by atoms with van der Waals surface area (Å²) in [5.41, 5.74) is 1.61. The van der Waals surface area contributed by atoms with E-state index >= 15 is 0 Å². The molecule has 3 aromatic carbocycles. The highest BCUT2D eigenvalue weighted by Gasteiger charge is 2.44. The van der Waals surface area contributed by atoms with Crippen molar-refractivity contribution in [3.8, 4) is 0 Å². The molecule has 1 fully saturated rings. The summed E-state index contributed by atoms with van der Waals surface area (Å²) in [7, 11) is 0. The summed E-state index contributed by atoms with van der Waals surface area (Å²) in [5.74, 6) is -1.73. The van der Waals surface area contributed by atoms with Crippen LogP contribution in [0, 0.1) is 5.82 Å². The smallest absolute Gasteiger partial charge is 0.257 e. The van der Waals surface area contributed by atoms with E-state index in [1.807, 2.05) is 12.1 Å². The predicted octanol–water partition coefficient (Wildman–Crippen LogP) is 4.50. The van der Waals surface area contributed by atoms with Crippen LogP contribution in [0.5, 0.6) is 0 Å². The molecule has 0 N–H and O–H groups in total. The van der Waals surface area contributed by atoms with E-state index < -0.39 is 23.7 Å². The van der Waals surface area contributed by atoms with Gasteiger partial charge in [-0.05, 0) is 60.5 Å². The van der Waals surface area contributed by atoms with E-state index in [-0.39, 0.29) is 24.4 Å². The first kappa shape index (κ1) is 21.7. The normalized spacial score (nSPS) is 15.8. The molecule has 0 aliphatic carbocycles. The molecule has 32 heavy (non-hydrogen) atoms. The zero-order valence-electron chi connectivity index (χ0n) is 17.1. The minimum atomic E-state index is -0.945. The topological polar surface area (TPSA) is 57.7 Å². The molecule has 1 atom stereocenters. The zero-order valence-corrected chi connectivity index (χ0v) is 17.8. The first-order valence-corrected chi connectivity index (χ1v) is 10.5. The van der Waals surface area contributed by atoms with Gasteiger partial charge in [0.05, 0.1) is 12.1 Å². The van der Waals surface area contributed by atoms with Gasteiger partial charge in [-0.15, -0.1) is 0 Å². The highest BCUT2D eigenvalue weighted by atomic mass is 35.5. The molecular weight excluding hydrogens is 431 g/mol. The van der Waals surface area contributed by atoms with Crippen molar-refractivity contribution < 1.29 is 18.8 Å². The number of rotatable bonds is 6. The minimum absolute atomic E-state index is 0.115. The van der Waals surface area contributed by atoms with Gasteiger partial charge < -0.3 is 4.90 Å². The molecule has 0 radical (unpaired) electrons. The van der Waals surface area contributed by atoms with Crippen LogP contribution in [0.15, 0.2) is 78.9 Å². The molecule has 1 saturated heterocycles. The van der Waals surface area contributed by atoms with Gasteiger partial charge in [0.1, 0.15) is 11.9 Å². The first-order valence-electron chi connectivity index (χ1n) is 10.2. The highest BCUT2D eigenvalue weighted by Crippen LogP contribution is 2.27. The molecule has 1 aliphatic heterocycles. The largest absolute Gasteiger partial charge is 0.326 e. The SMILES string of the molecule is O=C1CC(N(CCc2cccc(Cl)c2)C(=O)c2ccc(F)cc2)C(=O)N1c1ccccc1. The van der Waals surface area contributed by atoms with Crippen LogP contribution in [0.1, 0.15) is 22.3 Å². The number of benzene rings is 3. The number of carbonyl (C=O) groups is 3. The molecule has 3 amide bonds. The number of para-hydroxylation sites is 1. The Balaban J connectivity index is 1.63. The van der Waals surface area contributed by atoms with Crippen molar-refractivity contribution in [2.75, 3.05) is 11.4 Å². The van der Waals surface area contributed by atoms with Crippen LogP contribution in [-0.2, 0) is 16.0 Å². The second-order valence-electron chi connectivity index (χ2n) is 7.51. The van der Waals surface area contributed by atoms with Gasteiger partial charge in [-0.3, -0.25) is 14.4 Å². The van der Waals surface area contributed by atoms with E-state index in [2.05, 4.69) is 0 Å². The molecule has 4 rings (SSSR count). The van der Waals surface area contributed by atoms with Gasteiger partial charge in [-0.2, -0.15) is 0 Å². The second-order valence-corrected chi connectivity index (χ2v) is 7.94. The van der Waals surface area contributed by atoms with Gasteiger partial charge in [0, 0.05) is 17.1 Å². The fraction of sp³-hybridized carbons (Fsp3) is 0.160. The fourth-order valence-corrected chi connectivity index (χ4v) is 4.02. The van der Waals surface area contributed by atoms with Crippen molar-refractivity contribution >= 4 is 35.0 Å². The lowest BCUT2D eigenvalue weighted by Crippen LogP contribution is -2.46. The van der Waals surface area contributed by atoms with Crippen LogP contribution >= 0.6 is 11.6 Å². The van der Waals surface area contributed by atoms with Crippen molar-refractivity contribution in [2.24, 2.45) is 0 Å². The lowest BCUT2D eigenvalue weighted by molar-refractivity contribution is -0.122. The number of anilines is 1. The molecule has 7 heteroatoms. The molecular formula is C25H20ClFN2O3. The number of imide groups is 1. The Morgan fingerprint density at radius 2 is 1.72 bits per heavy atom. The second kappa shape index (κ2) is 9.32. The Morgan fingerprint density at radius 1 is 1.00 bits per heavy atom. The van der Waals surface area contributed by atoms with Crippen LogP contribution < -0.4 is 4.90 Å². The Hall–Kier alpha value is -3.51. The van der Waals surface area contributed by atoms with Crippen molar-refractivity contribution in [1.82, 2.24) is 4.90 Å². The Bertz CT molecular complexity index is 1150. The fourth-order valence-electron chi connectivity index (χ4n) is 3.81. The number of nitrogens with zero attached hydrogens (tertiary/aromatic N) is 2. The van der Waals surface area contributed by atoms with Gasteiger partial charge in [0.2, 0.25) is 5.91 Å². The Labute approximate surface area is 190 Å². The van der Waals surface area contributed by atoms with E-state index in [1.165, 1.54) is 29.2 Å². The average molecular weight is 451 g/mol. The number of hydrogen-bond donors (Lipinski definition) is 0. The zero-order chi connectivity index (χ0) is 22.7. The van der Waals surface area contributed by atoms with Crippen LogP contribution in [0.4, 0.5) is 10.1 Å². The standard InChI is InChI=1S/C25H20ClFN2O3/c26-19-6-4-5-17(15-19)13-14-28(24(31)18-9-11-20(27)12-10-18)22-16-23(30)29(25(22)32)21-7-2-1-3-8-21/h1-12,15,22H,13-14,16H2. The molecule has 5 nitrogen and oxygen atoms in total. The van der Waals surface area contributed by atoms with Gasteiger partial charge in [0.15, 0.2) is 0 Å². The number of hydrogen-bond acceptors (Lipinski definition) is 3. The third kappa shape index (κ3) is 4.55. The number of halogens is 2. The quantitative estimate of drug-likeness (QED) is 0.520. The maximum absolute atomic E-state index is 13.4. The van der Waals surface area contributed by atoms with E-state index in [0.717, 1.165) is 10.5 Å². The van der Waals surface area contributed by atoms with Crippen LogP contribution in [0.2, 0.25) is 5.02 Å². The summed E-state index contributed by atoms with van der Waals surface area (Å²) in [6.45, 7) is 0.197. The molecule has 1 unspecified atom stereocenters. The lowest BCUT2D eigenvalue weighted by Gasteiger charge is -2.28. The third-order valence-corrected chi connectivity index (χ3v) is 5.63. The van der Waals surface area contributed by atoms with Crippen LogP contribution in [0.3, 0.4) is 0 Å². The molecule has 162 valence electrons. The van der Waals surface area contributed by atoms with Gasteiger partial charge in [0.25, 0.3) is 11.8 Å². The number of amides is 3. The molecule has 0 bridgehead atoms.